The van der Waals surface area contributed by atoms with E-state index >= 15 is 0 Å². The number of nitrogens with one attached hydrogen (secondary N) is 1. The lowest BCUT2D eigenvalue weighted by Crippen LogP contribution is -2.45. The molecule has 1 aromatic carbocycles. The van der Waals surface area contributed by atoms with Crippen molar-refractivity contribution in [3.05, 3.63) is 35.9 Å². The van der Waals surface area contributed by atoms with Crippen LogP contribution in [-0.4, -0.2) is 25.6 Å². The minimum Gasteiger partial charge on any atom is -0.433 e. The van der Waals surface area contributed by atoms with Gasteiger partial charge in [0.15, 0.2) is 0 Å². The first-order valence-corrected chi connectivity index (χ1v) is 6.60. The maximum absolute atomic E-state index is 11.5. The van der Waals surface area contributed by atoms with Crippen LogP contribution in [0, 0.1) is 0 Å². The number of rotatable bonds is 2. The summed E-state index contributed by atoms with van der Waals surface area (Å²) in [5, 5.41) is 2.42. The summed E-state index contributed by atoms with van der Waals surface area (Å²) in [6, 6.07) is 9.12. The molecule has 0 saturated heterocycles. The van der Waals surface area contributed by atoms with Gasteiger partial charge in [-0.25, -0.2) is 8.42 Å². The van der Waals surface area contributed by atoms with Gasteiger partial charge in [0.25, 0.3) is 5.06 Å². The van der Waals surface area contributed by atoms with Crippen LogP contribution in [0.15, 0.2) is 35.4 Å². The molecular formula is C10H12N2O3S. The lowest BCUT2D eigenvalue weighted by atomic mass is 10.2. The second kappa shape index (κ2) is 3.48. The van der Waals surface area contributed by atoms with E-state index in [1.54, 1.807) is 12.1 Å². The quantitative estimate of drug-likeness (QED) is 0.825. The van der Waals surface area contributed by atoms with Crippen LogP contribution >= 0.6 is 0 Å². The van der Waals surface area contributed by atoms with E-state index in [0.717, 1.165) is 11.8 Å². The molecule has 1 heterocycles. The molecule has 6 heteroatoms. The highest BCUT2D eigenvalue weighted by molar-refractivity contribution is 7.91. The molecule has 0 fully saturated rings. The number of benzene rings is 1. The number of ether oxygens (including phenoxy) is 1. The van der Waals surface area contributed by atoms with Gasteiger partial charge in [0.2, 0.25) is 15.7 Å². The van der Waals surface area contributed by atoms with Gasteiger partial charge in [0, 0.05) is 18.7 Å². The predicted molar refractivity (Wildman–Crippen MR) is 60.4 cm³/mol. The summed E-state index contributed by atoms with van der Waals surface area (Å²) in [4.78, 5) is 0. The fourth-order valence-corrected chi connectivity index (χ4v) is 1.69. The Bertz CT molecular complexity index is 524. The van der Waals surface area contributed by atoms with E-state index in [4.69, 9.17) is 4.74 Å². The van der Waals surface area contributed by atoms with E-state index in [9.17, 15) is 8.42 Å². The zero-order valence-electron chi connectivity index (χ0n) is 8.97. The van der Waals surface area contributed by atoms with Gasteiger partial charge >= 0.3 is 0 Å². The molecule has 0 bridgehead atoms. The van der Waals surface area contributed by atoms with Crippen molar-refractivity contribution in [3.63, 3.8) is 0 Å². The number of hydrogen-bond donors (Lipinski definition) is 1. The van der Waals surface area contributed by atoms with E-state index in [0.29, 0.717) is 0 Å². The van der Waals surface area contributed by atoms with Crippen molar-refractivity contribution in [1.82, 2.24) is 5.43 Å². The Hall–Kier alpha value is -1.56. The lowest BCUT2D eigenvalue weighted by Gasteiger charge is -2.20. The lowest BCUT2D eigenvalue weighted by molar-refractivity contribution is 0.157. The van der Waals surface area contributed by atoms with E-state index in [1.807, 2.05) is 18.2 Å². The van der Waals surface area contributed by atoms with Crippen molar-refractivity contribution in [2.24, 2.45) is 5.10 Å². The smallest absolute Gasteiger partial charge is 0.295 e. The third kappa shape index (κ3) is 1.76. The van der Waals surface area contributed by atoms with Crippen LogP contribution in [0.3, 0.4) is 0 Å². The molecule has 0 spiro atoms. The van der Waals surface area contributed by atoms with Crippen LogP contribution in [0.25, 0.3) is 0 Å². The predicted octanol–water partition coefficient (Wildman–Crippen LogP) is 0.686. The van der Waals surface area contributed by atoms with Crippen LogP contribution in [0.1, 0.15) is 12.5 Å². The fourth-order valence-electron chi connectivity index (χ4n) is 1.25. The fraction of sp³-hybridized carbons (Fsp3) is 0.300. The molecular weight excluding hydrogens is 228 g/mol. The maximum atomic E-state index is 11.5. The van der Waals surface area contributed by atoms with Crippen LogP contribution < -0.4 is 5.43 Å². The van der Waals surface area contributed by atoms with E-state index in [1.165, 1.54) is 6.92 Å². The van der Waals surface area contributed by atoms with Crippen LogP contribution in [0.4, 0.5) is 0 Å². The number of sulfone groups is 1. The molecule has 86 valence electrons. The molecule has 2 rings (SSSR count). The largest absolute Gasteiger partial charge is 0.433 e. The number of hydrazone groups is 1. The van der Waals surface area contributed by atoms with Gasteiger partial charge in [-0.15, -0.1) is 5.10 Å². The Morgan fingerprint density at radius 2 is 1.94 bits per heavy atom. The standard InChI is InChI=1S/C10H12N2O3S/c1-10(16(2,13)14)12-11-9(15-10)8-6-4-3-5-7-8/h3-7,12H,1-2H3. The molecule has 1 aliphatic heterocycles. The highest BCUT2D eigenvalue weighted by Crippen LogP contribution is 2.22. The van der Waals surface area contributed by atoms with Gasteiger partial charge in [-0.3, -0.25) is 5.43 Å². The van der Waals surface area contributed by atoms with E-state index < -0.39 is 14.9 Å². The summed E-state index contributed by atoms with van der Waals surface area (Å²) in [6.07, 6.45) is 1.10. The van der Waals surface area contributed by atoms with Gasteiger partial charge in [-0.1, -0.05) is 18.2 Å². The molecule has 1 atom stereocenters. The zero-order chi connectivity index (χ0) is 11.8. The topological polar surface area (TPSA) is 67.8 Å². The molecule has 1 aromatic rings. The molecule has 1 N–H and O–H groups in total. The molecule has 0 aliphatic carbocycles. The first-order valence-electron chi connectivity index (χ1n) is 4.71. The Balaban J connectivity index is 2.27. The van der Waals surface area contributed by atoms with Crippen LogP contribution in [-0.2, 0) is 14.6 Å². The van der Waals surface area contributed by atoms with E-state index in [-0.39, 0.29) is 5.90 Å². The third-order valence-corrected chi connectivity index (χ3v) is 3.97. The van der Waals surface area contributed by atoms with Gasteiger partial charge < -0.3 is 4.74 Å². The van der Waals surface area contributed by atoms with Crippen molar-refractivity contribution in [1.29, 1.82) is 0 Å². The SMILES string of the molecule is CC1(S(C)(=O)=O)NN=C(c2ccccc2)O1. The zero-order valence-corrected chi connectivity index (χ0v) is 9.78. The van der Waals surface area contributed by atoms with E-state index in [2.05, 4.69) is 10.5 Å². The average molecular weight is 240 g/mol. The Morgan fingerprint density at radius 3 is 2.44 bits per heavy atom. The van der Waals surface area contributed by atoms with Crippen molar-refractivity contribution < 1.29 is 13.2 Å². The van der Waals surface area contributed by atoms with Crippen molar-refractivity contribution >= 4 is 15.7 Å². The van der Waals surface area contributed by atoms with Crippen molar-refractivity contribution in [2.45, 2.75) is 12.0 Å². The normalized spacial score (nSPS) is 24.5. The monoisotopic (exact) mass is 240 g/mol. The molecule has 0 saturated carbocycles. The van der Waals surface area contributed by atoms with Crippen molar-refractivity contribution in [3.8, 4) is 0 Å². The maximum Gasteiger partial charge on any atom is 0.295 e. The average Bonchev–Trinajstić information content (AvgIpc) is 2.63. The van der Waals surface area contributed by atoms with Crippen LogP contribution in [0.2, 0.25) is 0 Å². The summed E-state index contributed by atoms with van der Waals surface area (Å²) in [5.41, 5.74) is 3.24. The number of nitrogens with zero attached hydrogens (tertiary/aromatic N) is 1. The molecule has 0 aromatic heterocycles. The molecule has 1 aliphatic rings. The summed E-state index contributed by atoms with van der Waals surface area (Å²) in [5.74, 6) is 0.286. The summed E-state index contributed by atoms with van der Waals surface area (Å²) >= 11 is 0. The Kier molecular flexibility index (Phi) is 2.38. The number of hydrogen-bond acceptors (Lipinski definition) is 5. The second-order valence-electron chi connectivity index (χ2n) is 3.71. The van der Waals surface area contributed by atoms with Gasteiger partial charge in [0.1, 0.15) is 0 Å². The molecule has 0 amide bonds. The highest BCUT2D eigenvalue weighted by Gasteiger charge is 2.43. The minimum absolute atomic E-state index is 0.286. The summed E-state index contributed by atoms with van der Waals surface area (Å²) in [7, 11) is -3.39. The third-order valence-electron chi connectivity index (χ3n) is 2.38. The summed E-state index contributed by atoms with van der Waals surface area (Å²) < 4.78 is 28.3. The Labute approximate surface area is 94.0 Å². The molecule has 0 radical (unpaired) electrons. The highest BCUT2D eigenvalue weighted by atomic mass is 32.2. The molecule has 1 unspecified atom stereocenters. The molecule has 5 nitrogen and oxygen atoms in total. The van der Waals surface area contributed by atoms with Gasteiger partial charge in [0.05, 0.1) is 0 Å². The summed E-state index contributed by atoms with van der Waals surface area (Å²) in [6.45, 7) is 1.43. The Morgan fingerprint density at radius 1 is 1.31 bits per heavy atom. The van der Waals surface area contributed by atoms with Gasteiger partial charge in [-0.2, -0.15) is 0 Å². The minimum atomic E-state index is -3.39. The van der Waals surface area contributed by atoms with Gasteiger partial charge in [-0.05, 0) is 12.1 Å². The molecule has 16 heavy (non-hydrogen) atoms. The first kappa shape index (κ1) is 10.9. The van der Waals surface area contributed by atoms with Crippen molar-refractivity contribution in [2.75, 3.05) is 6.26 Å². The van der Waals surface area contributed by atoms with Crippen LogP contribution in [0.5, 0.6) is 0 Å². The second-order valence-corrected chi connectivity index (χ2v) is 6.04. The first-order chi connectivity index (χ1) is 7.42.